The maximum Gasteiger partial charge on any atom is 0.244 e. The van der Waals surface area contributed by atoms with E-state index >= 15 is 0 Å². The summed E-state index contributed by atoms with van der Waals surface area (Å²) in [4.78, 5) is 17.7. The maximum absolute atomic E-state index is 13.3. The molecule has 23 heavy (non-hydrogen) atoms. The first-order valence-electron chi connectivity index (χ1n) is 9.09. The lowest BCUT2D eigenvalue weighted by Gasteiger charge is -2.37. The Morgan fingerprint density at radius 3 is 2.17 bits per heavy atom. The van der Waals surface area contributed by atoms with Gasteiger partial charge in [0.05, 0.1) is 0 Å². The summed E-state index contributed by atoms with van der Waals surface area (Å²) in [7, 11) is 0. The van der Waals surface area contributed by atoms with Crippen molar-refractivity contribution in [1.82, 2.24) is 9.80 Å². The molecule has 0 aromatic heterocycles. The normalized spacial score (nSPS) is 22.6. The molecule has 2 N–H and O–H groups in total. The largest absolute Gasteiger partial charge is 0.341 e. The van der Waals surface area contributed by atoms with Crippen molar-refractivity contribution in [3.63, 3.8) is 0 Å². The fourth-order valence-corrected chi connectivity index (χ4v) is 3.79. The van der Waals surface area contributed by atoms with E-state index in [4.69, 9.17) is 5.73 Å². The van der Waals surface area contributed by atoms with Crippen molar-refractivity contribution in [1.29, 1.82) is 0 Å². The number of piperidine rings is 1. The summed E-state index contributed by atoms with van der Waals surface area (Å²) in [5, 5.41) is 0. The molecule has 1 atom stereocenters. The molecule has 1 aromatic carbocycles. The number of nitrogens with two attached hydrogens (primary N) is 1. The van der Waals surface area contributed by atoms with Gasteiger partial charge in [-0.15, -0.1) is 0 Å². The first kappa shape index (κ1) is 16.5. The van der Waals surface area contributed by atoms with E-state index < -0.39 is 0 Å². The Labute approximate surface area is 139 Å². The highest BCUT2D eigenvalue weighted by atomic mass is 16.2. The Bertz CT molecular complexity index is 489. The number of hydrogen-bond donors (Lipinski definition) is 1. The highest BCUT2D eigenvalue weighted by molar-refractivity contribution is 5.83. The number of amides is 1. The van der Waals surface area contributed by atoms with Gasteiger partial charge < -0.3 is 10.6 Å². The summed E-state index contributed by atoms with van der Waals surface area (Å²) in [5.74, 6) is 0.269. The van der Waals surface area contributed by atoms with Gasteiger partial charge in [-0.05, 0) is 44.3 Å². The van der Waals surface area contributed by atoms with E-state index in [1.165, 1.54) is 25.7 Å². The molecule has 126 valence electrons. The molecule has 1 unspecified atom stereocenters. The molecule has 2 fully saturated rings. The number of hydrogen-bond acceptors (Lipinski definition) is 3. The fourth-order valence-electron chi connectivity index (χ4n) is 3.79. The topological polar surface area (TPSA) is 49.6 Å². The zero-order chi connectivity index (χ0) is 16.1. The van der Waals surface area contributed by atoms with Gasteiger partial charge in [-0.25, -0.2) is 0 Å². The van der Waals surface area contributed by atoms with Crippen molar-refractivity contribution in [3.8, 4) is 0 Å². The summed E-state index contributed by atoms with van der Waals surface area (Å²) in [6.07, 6.45) is 6.80. The van der Waals surface area contributed by atoms with Crippen molar-refractivity contribution >= 4 is 5.91 Å². The average molecular weight is 315 g/mol. The zero-order valence-electron chi connectivity index (χ0n) is 14.0. The predicted octanol–water partition coefficient (Wildman–Crippen LogP) is 2.55. The van der Waals surface area contributed by atoms with E-state index in [-0.39, 0.29) is 18.0 Å². The van der Waals surface area contributed by atoms with Gasteiger partial charge in [-0.2, -0.15) is 0 Å². The zero-order valence-corrected chi connectivity index (χ0v) is 14.0. The molecule has 1 aromatic rings. The van der Waals surface area contributed by atoms with Crippen LogP contribution in [0.5, 0.6) is 0 Å². The van der Waals surface area contributed by atoms with Crippen LogP contribution in [0, 0.1) is 0 Å². The second kappa shape index (κ2) is 7.93. The Kier molecular flexibility index (Phi) is 5.68. The molecule has 3 rings (SSSR count). The van der Waals surface area contributed by atoms with Crippen LogP contribution < -0.4 is 5.73 Å². The lowest BCUT2D eigenvalue weighted by Crippen LogP contribution is -2.48. The molecular weight excluding hydrogens is 286 g/mol. The van der Waals surface area contributed by atoms with E-state index in [2.05, 4.69) is 17.0 Å². The van der Waals surface area contributed by atoms with Crippen LogP contribution in [0.2, 0.25) is 0 Å². The van der Waals surface area contributed by atoms with Crippen LogP contribution in [0.25, 0.3) is 0 Å². The lowest BCUT2D eigenvalue weighted by atomic mass is 10.0. The van der Waals surface area contributed by atoms with Gasteiger partial charge in [-0.1, -0.05) is 43.2 Å². The molecule has 4 heteroatoms. The van der Waals surface area contributed by atoms with Crippen LogP contribution in [0.3, 0.4) is 0 Å². The fraction of sp³-hybridized carbons (Fsp3) is 0.632. The second-order valence-corrected chi connectivity index (χ2v) is 6.93. The molecule has 1 amide bonds. The van der Waals surface area contributed by atoms with Crippen molar-refractivity contribution in [2.45, 2.75) is 50.6 Å². The van der Waals surface area contributed by atoms with E-state index in [1.807, 2.05) is 23.1 Å². The standard InChI is InChI=1S/C19H29N3O/c20-17-10-14-22(15-11-17)19(23)18(16-8-4-3-5-9-16)21-12-6-1-2-7-13-21/h3-5,8-9,17-18H,1-2,6-7,10-15,20H2. The van der Waals surface area contributed by atoms with Crippen LogP contribution in [0.15, 0.2) is 30.3 Å². The minimum absolute atomic E-state index is 0.122. The third-order valence-electron chi connectivity index (χ3n) is 5.21. The highest BCUT2D eigenvalue weighted by Gasteiger charge is 2.32. The van der Waals surface area contributed by atoms with Crippen LogP contribution in [-0.4, -0.2) is 47.9 Å². The van der Waals surface area contributed by atoms with Crippen molar-refractivity contribution in [2.75, 3.05) is 26.2 Å². The minimum atomic E-state index is -0.122. The SMILES string of the molecule is NC1CCN(C(=O)C(c2ccccc2)N2CCCCCC2)CC1. The third kappa shape index (κ3) is 4.12. The number of carbonyl (C=O) groups excluding carboxylic acids is 1. The van der Waals surface area contributed by atoms with E-state index in [0.29, 0.717) is 0 Å². The van der Waals surface area contributed by atoms with Crippen molar-refractivity contribution in [3.05, 3.63) is 35.9 Å². The van der Waals surface area contributed by atoms with Crippen LogP contribution in [0.4, 0.5) is 0 Å². The number of benzene rings is 1. The first-order chi connectivity index (χ1) is 11.3. The van der Waals surface area contributed by atoms with Gasteiger partial charge in [0.25, 0.3) is 0 Å². The van der Waals surface area contributed by atoms with E-state index in [0.717, 1.165) is 44.6 Å². The van der Waals surface area contributed by atoms with Crippen molar-refractivity contribution < 1.29 is 4.79 Å². The quantitative estimate of drug-likeness (QED) is 0.932. The molecular formula is C19H29N3O. The smallest absolute Gasteiger partial charge is 0.244 e. The molecule has 0 spiro atoms. The molecule has 0 bridgehead atoms. The Morgan fingerprint density at radius 2 is 1.57 bits per heavy atom. The third-order valence-corrected chi connectivity index (χ3v) is 5.21. The number of carbonyl (C=O) groups is 1. The predicted molar refractivity (Wildman–Crippen MR) is 93.0 cm³/mol. The number of likely N-dealkylation sites (tertiary alicyclic amines) is 2. The second-order valence-electron chi connectivity index (χ2n) is 6.93. The maximum atomic E-state index is 13.3. The van der Waals surface area contributed by atoms with Crippen LogP contribution >= 0.6 is 0 Å². The molecule has 2 aliphatic rings. The van der Waals surface area contributed by atoms with E-state index in [1.54, 1.807) is 0 Å². The van der Waals surface area contributed by atoms with Gasteiger partial charge in [0, 0.05) is 19.1 Å². The van der Waals surface area contributed by atoms with Gasteiger partial charge >= 0.3 is 0 Å². The van der Waals surface area contributed by atoms with Crippen molar-refractivity contribution in [2.24, 2.45) is 5.73 Å². The highest BCUT2D eigenvalue weighted by Crippen LogP contribution is 2.27. The molecule has 2 aliphatic heterocycles. The molecule has 0 saturated carbocycles. The van der Waals surface area contributed by atoms with Gasteiger partial charge in [-0.3, -0.25) is 9.69 Å². The summed E-state index contributed by atoms with van der Waals surface area (Å²) in [5.41, 5.74) is 7.13. The summed E-state index contributed by atoms with van der Waals surface area (Å²) in [6, 6.07) is 10.4. The number of rotatable bonds is 3. The van der Waals surface area contributed by atoms with Crippen LogP contribution in [0.1, 0.15) is 50.1 Å². The van der Waals surface area contributed by atoms with Gasteiger partial charge in [0.15, 0.2) is 0 Å². The van der Waals surface area contributed by atoms with E-state index in [9.17, 15) is 4.79 Å². The Balaban J connectivity index is 1.80. The monoisotopic (exact) mass is 315 g/mol. The summed E-state index contributed by atoms with van der Waals surface area (Å²) >= 11 is 0. The van der Waals surface area contributed by atoms with Gasteiger partial charge in [0.2, 0.25) is 5.91 Å². The average Bonchev–Trinajstić information content (AvgIpc) is 2.86. The Morgan fingerprint density at radius 1 is 0.957 bits per heavy atom. The summed E-state index contributed by atoms with van der Waals surface area (Å²) < 4.78 is 0. The lowest BCUT2D eigenvalue weighted by molar-refractivity contribution is -0.138. The first-order valence-corrected chi connectivity index (χ1v) is 9.09. The minimum Gasteiger partial charge on any atom is -0.341 e. The molecule has 4 nitrogen and oxygen atoms in total. The molecule has 2 saturated heterocycles. The number of nitrogens with zero attached hydrogens (tertiary/aromatic N) is 2. The van der Waals surface area contributed by atoms with Crippen LogP contribution in [-0.2, 0) is 4.79 Å². The summed E-state index contributed by atoms with van der Waals surface area (Å²) in [6.45, 7) is 3.66. The molecule has 2 heterocycles. The molecule has 0 aliphatic carbocycles. The Hall–Kier alpha value is -1.39. The molecule has 0 radical (unpaired) electrons. The van der Waals surface area contributed by atoms with Gasteiger partial charge in [0.1, 0.15) is 6.04 Å².